The van der Waals surface area contributed by atoms with Gasteiger partial charge in [-0.25, -0.2) is 0 Å². The number of phenols is 2. The molecule has 0 unspecified atom stereocenters. The number of ether oxygens (including phenoxy) is 3. The molecule has 0 bridgehead atoms. The number of hydrogen-bond acceptors (Lipinski definition) is 11. The van der Waals surface area contributed by atoms with Gasteiger partial charge in [0.15, 0.2) is 22.7 Å². The van der Waals surface area contributed by atoms with Crippen molar-refractivity contribution in [2.45, 2.75) is 51.0 Å². The molecule has 4 rings (SSSR count). The fourth-order valence-electron chi connectivity index (χ4n) is 4.08. The summed E-state index contributed by atoms with van der Waals surface area (Å²) in [6.07, 6.45) is -5.47. The maximum Gasteiger partial charge on any atom is 0.229 e. The molecule has 0 radical (unpaired) electrons. The first-order valence-corrected chi connectivity index (χ1v) is 11.2. The first-order valence-electron chi connectivity index (χ1n) is 11.2. The van der Waals surface area contributed by atoms with E-state index in [1.54, 1.807) is 6.07 Å². The predicted octanol–water partition coefficient (Wildman–Crippen LogP) is 1.05. The summed E-state index contributed by atoms with van der Waals surface area (Å²) in [6.45, 7) is 3.15. The molecule has 194 valence electrons. The van der Waals surface area contributed by atoms with E-state index < -0.39 is 48.5 Å². The van der Waals surface area contributed by atoms with E-state index in [0.29, 0.717) is 12.0 Å². The van der Waals surface area contributed by atoms with Crippen molar-refractivity contribution in [3.63, 3.8) is 0 Å². The number of methoxy groups -OCH3 is 1. The molecule has 0 saturated carbocycles. The third-order valence-corrected chi connectivity index (χ3v) is 6.07. The molecular formula is C25H28O11. The normalized spacial score (nSPS) is 24.1. The monoisotopic (exact) mass is 504 g/mol. The minimum Gasteiger partial charge on any atom is -0.507 e. The molecule has 2 aromatic carbocycles. The van der Waals surface area contributed by atoms with E-state index in [1.807, 2.05) is 19.9 Å². The number of benzene rings is 2. The molecule has 2 heterocycles. The zero-order chi connectivity index (χ0) is 26.3. The highest BCUT2D eigenvalue weighted by molar-refractivity contribution is 5.98. The number of aliphatic hydroxyl groups excluding tert-OH is 4. The molecule has 0 spiro atoms. The van der Waals surface area contributed by atoms with Crippen molar-refractivity contribution in [1.82, 2.24) is 0 Å². The molecule has 0 amide bonds. The lowest BCUT2D eigenvalue weighted by molar-refractivity contribution is -0.277. The molecule has 1 saturated heterocycles. The highest BCUT2D eigenvalue weighted by Crippen LogP contribution is 2.39. The summed E-state index contributed by atoms with van der Waals surface area (Å²) in [5.74, 6) is -0.719. The van der Waals surface area contributed by atoms with Crippen LogP contribution in [0.4, 0.5) is 0 Å². The Labute approximate surface area is 205 Å². The van der Waals surface area contributed by atoms with Crippen molar-refractivity contribution in [3.05, 3.63) is 45.6 Å². The fourth-order valence-corrected chi connectivity index (χ4v) is 4.08. The average Bonchev–Trinajstić information content (AvgIpc) is 2.84. The minimum atomic E-state index is -1.69. The van der Waals surface area contributed by atoms with Crippen LogP contribution < -0.4 is 14.9 Å². The van der Waals surface area contributed by atoms with Gasteiger partial charge < -0.3 is 49.3 Å². The number of aliphatic hydroxyl groups is 4. The Bertz CT molecular complexity index is 1370. The molecule has 1 aliphatic heterocycles. The van der Waals surface area contributed by atoms with E-state index in [9.17, 15) is 35.4 Å². The van der Waals surface area contributed by atoms with Crippen LogP contribution in [0.3, 0.4) is 0 Å². The van der Waals surface area contributed by atoms with Crippen molar-refractivity contribution in [2.75, 3.05) is 13.7 Å². The largest absolute Gasteiger partial charge is 0.507 e. The van der Waals surface area contributed by atoms with Gasteiger partial charge in [-0.05, 0) is 32.4 Å². The molecule has 0 aliphatic carbocycles. The lowest BCUT2D eigenvalue weighted by Gasteiger charge is -2.39. The van der Waals surface area contributed by atoms with Crippen molar-refractivity contribution >= 4 is 21.9 Å². The zero-order valence-corrected chi connectivity index (χ0v) is 19.8. The van der Waals surface area contributed by atoms with Gasteiger partial charge in [0.1, 0.15) is 41.3 Å². The Morgan fingerprint density at radius 2 is 1.78 bits per heavy atom. The van der Waals surface area contributed by atoms with E-state index in [2.05, 4.69) is 0 Å². The van der Waals surface area contributed by atoms with E-state index in [1.165, 1.54) is 13.2 Å². The summed E-state index contributed by atoms with van der Waals surface area (Å²) in [7, 11) is 1.39. The Morgan fingerprint density at radius 3 is 2.42 bits per heavy atom. The van der Waals surface area contributed by atoms with Crippen molar-refractivity contribution in [2.24, 2.45) is 0 Å². The standard InChI is InChI=1S/C25H28O11/c1-10(2)4-5-11-6-15(33-3)24-17(18(11)28)19(29)13-7-12(8-14(27)23(13)36-24)34-25-22(32)21(31)20(30)16(9-26)35-25/h4,6-8,16,20-22,25-28,30-32H,5,9H2,1-3H3/t16-,20-,21-,22-,25-/m1/s1. The number of fused-ring (bicyclic) bond motifs is 2. The molecule has 11 heteroatoms. The van der Waals surface area contributed by atoms with Gasteiger partial charge in [-0.2, -0.15) is 0 Å². The van der Waals surface area contributed by atoms with Crippen LogP contribution >= 0.6 is 0 Å². The maximum atomic E-state index is 13.5. The smallest absolute Gasteiger partial charge is 0.229 e. The molecular weight excluding hydrogens is 476 g/mol. The quantitative estimate of drug-likeness (QED) is 0.209. The second-order valence-electron chi connectivity index (χ2n) is 8.84. The van der Waals surface area contributed by atoms with Crippen molar-refractivity contribution in [1.29, 1.82) is 0 Å². The third-order valence-electron chi connectivity index (χ3n) is 6.07. The van der Waals surface area contributed by atoms with Crippen LogP contribution in [0.15, 0.2) is 39.1 Å². The van der Waals surface area contributed by atoms with Crippen LogP contribution in [0, 0.1) is 0 Å². The predicted molar refractivity (Wildman–Crippen MR) is 127 cm³/mol. The van der Waals surface area contributed by atoms with Gasteiger partial charge in [-0.3, -0.25) is 4.79 Å². The van der Waals surface area contributed by atoms with Crippen LogP contribution in [0.2, 0.25) is 0 Å². The fraction of sp³-hybridized carbons (Fsp3) is 0.400. The van der Waals surface area contributed by atoms with Crippen LogP contribution in [-0.2, 0) is 11.2 Å². The van der Waals surface area contributed by atoms with Gasteiger partial charge in [0, 0.05) is 11.6 Å². The third kappa shape index (κ3) is 4.47. The maximum absolute atomic E-state index is 13.5. The first-order chi connectivity index (χ1) is 17.1. The SMILES string of the molecule is COc1cc(CC=C(C)C)c(O)c2c(=O)c3cc(O[C@@H]4O[C@H](CO)[C@@H](O)[C@@H](O)[C@H]4O)cc(O)c3oc12. The Hall–Kier alpha value is -3.35. The summed E-state index contributed by atoms with van der Waals surface area (Å²) < 4.78 is 22.0. The van der Waals surface area contributed by atoms with Gasteiger partial charge in [-0.15, -0.1) is 0 Å². The molecule has 3 aromatic rings. The Morgan fingerprint density at radius 1 is 1.06 bits per heavy atom. The summed E-state index contributed by atoms with van der Waals surface area (Å²) in [6, 6.07) is 3.88. The number of allylic oxidation sites excluding steroid dienone is 2. The summed E-state index contributed by atoms with van der Waals surface area (Å²) >= 11 is 0. The van der Waals surface area contributed by atoms with Gasteiger partial charge >= 0.3 is 0 Å². The molecule has 36 heavy (non-hydrogen) atoms. The number of hydrogen-bond donors (Lipinski definition) is 6. The number of phenolic OH excluding ortho intramolecular Hbond substituents is 2. The van der Waals surface area contributed by atoms with Gasteiger partial charge in [-0.1, -0.05) is 11.6 Å². The van der Waals surface area contributed by atoms with E-state index in [0.717, 1.165) is 11.6 Å². The van der Waals surface area contributed by atoms with Gasteiger partial charge in [0.05, 0.1) is 19.1 Å². The molecule has 1 aromatic heterocycles. The van der Waals surface area contributed by atoms with Crippen LogP contribution in [0.25, 0.3) is 21.9 Å². The van der Waals surface area contributed by atoms with Crippen molar-refractivity contribution in [3.8, 4) is 23.0 Å². The van der Waals surface area contributed by atoms with E-state index in [-0.39, 0.29) is 39.2 Å². The van der Waals surface area contributed by atoms with E-state index in [4.69, 9.17) is 18.6 Å². The second-order valence-corrected chi connectivity index (χ2v) is 8.84. The minimum absolute atomic E-state index is 0.0497. The molecule has 1 fully saturated rings. The topological polar surface area (TPSA) is 179 Å². The molecule has 1 aliphatic rings. The number of aromatic hydroxyl groups is 2. The van der Waals surface area contributed by atoms with Crippen LogP contribution in [0.1, 0.15) is 19.4 Å². The van der Waals surface area contributed by atoms with Crippen LogP contribution in [-0.4, -0.2) is 75.1 Å². The molecule has 11 nitrogen and oxygen atoms in total. The van der Waals surface area contributed by atoms with Crippen molar-refractivity contribution < 1.29 is 49.3 Å². The zero-order valence-electron chi connectivity index (χ0n) is 19.8. The molecule has 5 atom stereocenters. The molecule has 6 N–H and O–H groups in total. The summed E-state index contributed by atoms with van der Waals surface area (Å²) in [5.41, 5.74) is 0.537. The first kappa shape index (κ1) is 25.7. The van der Waals surface area contributed by atoms with E-state index >= 15 is 0 Å². The lowest BCUT2D eigenvalue weighted by atomic mass is 9.99. The highest BCUT2D eigenvalue weighted by Gasteiger charge is 2.44. The highest BCUT2D eigenvalue weighted by atomic mass is 16.7. The van der Waals surface area contributed by atoms with Gasteiger partial charge in [0.25, 0.3) is 0 Å². The summed E-state index contributed by atoms with van der Waals surface area (Å²) in [4.78, 5) is 13.5. The summed E-state index contributed by atoms with van der Waals surface area (Å²) in [5, 5.41) is 60.7. The van der Waals surface area contributed by atoms with Crippen LogP contribution in [0.5, 0.6) is 23.0 Å². The average molecular weight is 504 g/mol. The second kappa shape index (κ2) is 9.96. The Kier molecular flexibility index (Phi) is 7.12. The Balaban J connectivity index is 1.84. The van der Waals surface area contributed by atoms with Gasteiger partial charge in [0.2, 0.25) is 11.7 Å². The number of rotatable bonds is 6. The lowest BCUT2D eigenvalue weighted by Crippen LogP contribution is -2.60.